The smallest absolute Gasteiger partial charge is 0.408 e. The number of ether oxygens (including phenoxy) is 1. The first-order chi connectivity index (χ1) is 26.7. The fraction of sp³-hybridized carbons (Fsp3) is 0.244. The van der Waals surface area contributed by atoms with Gasteiger partial charge in [0.15, 0.2) is 0 Å². The Morgan fingerprint density at radius 2 is 1.05 bits per heavy atom. The lowest BCUT2D eigenvalue weighted by molar-refractivity contribution is -0.130. The first-order valence-electron chi connectivity index (χ1n) is 18.5. The number of amides is 4. The Morgan fingerprint density at radius 3 is 1.62 bits per heavy atom. The van der Waals surface area contributed by atoms with Crippen LogP contribution in [0.25, 0.3) is 0 Å². The molecule has 0 heterocycles. The molecule has 5 atom stereocenters. The quantitative estimate of drug-likeness (QED) is 0.0767. The minimum atomic E-state index is -1.15. The van der Waals surface area contributed by atoms with Gasteiger partial charge < -0.3 is 31.1 Å². The maximum Gasteiger partial charge on any atom is 0.408 e. The third kappa shape index (κ3) is 13.0. The van der Waals surface area contributed by atoms with Crippen LogP contribution < -0.4 is 21.3 Å². The van der Waals surface area contributed by atoms with Crippen molar-refractivity contribution in [1.29, 1.82) is 0 Å². The van der Waals surface area contributed by atoms with E-state index in [1.54, 1.807) is 30.3 Å². The summed E-state index contributed by atoms with van der Waals surface area (Å²) in [6.45, 7) is 1.89. The van der Waals surface area contributed by atoms with Crippen LogP contribution in [0, 0.1) is 5.92 Å². The van der Waals surface area contributed by atoms with Crippen molar-refractivity contribution in [2.75, 3.05) is 0 Å². The van der Waals surface area contributed by atoms with Gasteiger partial charge in [-0.25, -0.2) is 4.79 Å². The highest BCUT2D eigenvalue weighted by Gasteiger charge is 2.31. The predicted molar refractivity (Wildman–Crippen MR) is 211 cm³/mol. The molecular formula is C45H48N4O6. The number of hydrogen-bond acceptors (Lipinski definition) is 6. The monoisotopic (exact) mass is 740 g/mol. The second-order valence-corrected chi connectivity index (χ2v) is 13.5. The molecule has 10 nitrogen and oxygen atoms in total. The van der Waals surface area contributed by atoms with Crippen molar-refractivity contribution in [3.05, 3.63) is 179 Å². The van der Waals surface area contributed by atoms with Crippen molar-refractivity contribution >= 4 is 23.8 Å². The molecule has 0 aromatic heterocycles. The van der Waals surface area contributed by atoms with Crippen LogP contribution >= 0.6 is 0 Å². The Bertz CT molecular complexity index is 1930. The van der Waals surface area contributed by atoms with E-state index in [-0.39, 0.29) is 25.4 Å². The zero-order valence-electron chi connectivity index (χ0n) is 30.8. The Kier molecular flexibility index (Phi) is 15.1. The van der Waals surface area contributed by atoms with Gasteiger partial charge in [0, 0.05) is 12.5 Å². The highest BCUT2D eigenvalue weighted by Crippen LogP contribution is 2.20. The first kappa shape index (κ1) is 39.9. The van der Waals surface area contributed by atoms with Gasteiger partial charge in [-0.15, -0.1) is 0 Å². The van der Waals surface area contributed by atoms with Crippen molar-refractivity contribution in [3.8, 4) is 0 Å². The third-order valence-electron chi connectivity index (χ3n) is 9.24. The topological polar surface area (TPSA) is 146 Å². The van der Waals surface area contributed by atoms with E-state index in [0.717, 1.165) is 22.3 Å². The molecule has 0 radical (unpaired) electrons. The minimum Gasteiger partial charge on any atom is -0.445 e. The molecule has 5 aromatic carbocycles. The lowest BCUT2D eigenvalue weighted by atomic mass is 9.88. The number of nitrogens with one attached hydrogen (secondary N) is 4. The van der Waals surface area contributed by atoms with Gasteiger partial charge >= 0.3 is 6.09 Å². The average molecular weight is 741 g/mol. The molecule has 4 amide bonds. The van der Waals surface area contributed by atoms with Crippen LogP contribution in [-0.4, -0.2) is 47.1 Å². The predicted octanol–water partition coefficient (Wildman–Crippen LogP) is 5.81. The van der Waals surface area contributed by atoms with Crippen molar-refractivity contribution in [3.63, 3.8) is 0 Å². The van der Waals surface area contributed by atoms with Crippen LogP contribution in [0.4, 0.5) is 4.79 Å². The van der Waals surface area contributed by atoms with Crippen molar-refractivity contribution in [1.82, 2.24) is 21.3 Å². The van der Waals surface area contributed by atoms with Crippen LogP contribution in [0.3, 0.4) is 0 Å². The van der Waals surface area contributed by atoms with Gasteiger partial charge in [-0.3, -0.25) is 14.4 Å². The summed E-state index contributed by atoms with van der Waals surface area (Å²) in [5, 5.41) is 23.1. The summed E-state index contributed by atoms with van der Waals surface area (Å²) in [4.78, 5) is 53.9. The van der Waals surface area contributed by atoms with E-state index < -0.39 is 48.1 Å². The number of carbonyl (C=O) groups is 4. The lowest BCUT2D eigenvalue weighted by Gasteiger charge is -2.29. The summed E-state index contributed by atoms with van der Waals surface area (Å²) >= 11 is 0. The molecule has 0 saturated heterocycles. The maximum atomic E-state index is 13.8. The number of benzene rings is 5. The highest BCUT2D eigenvalue weighted by molar-refractivity contribution is 5.92. The third-order valence-corrected chi connectivity index (χ3v) is 9.24. The van der Waals surface area contributed by atoms with Crippen molar-refractivity contribution < 1.29 is 29.0 Å². The molecule has 0 spiro atoms. The van der Waals surface area contributed by atoms with E-state index in [4.69, 9.17) is 4.74 Å². The van der Waals surface area contributed by atoms with Gasteiger partial charge in [-0.05, 0) is 54.0 Å². The number of hydrogen-bond donors (Lipinski definition) is 5. The van der Waals surface area contributed by atoms with E-state index in [0.29, 0.717) is 18.5 Å². The van der Waals surface area contributed by atoms with E-state index in [1.165, 1.54) is 6.92 Å². The van der Waals surface area contributed by atoms with Gasteiger partial charge in [-0.2, -0.15) is 0 Å². The maximum absolute atomic E-state index is 13.8. The van der Waals surface area contributed by atoms with Crippen LogP contribution in [0.2, 0.25) is 0 Å². The van der Waals surface area contributed by atoms with Crippen LogP contribution in [0.1, 0.15) is 47.2 Å². The summed E-state index contributed by atoms with van der Waals surface area (Å²) in [6.07, 6.45) is -1.19. The van der Waals surface area contributed by atoms with E-state index in [2.05, 4.69) is 21.3 Å². The molecule has 10 heteroatoms. The Hall–Kier alpha value is -6.26. The molecule has 1 unspecified atom stereocenters. The second kappa shape index (κ2) is 20.8. The molecule has 0 aliphatic heterocycles. The fourth-order valence-corrected chi connectivity index (χ4v) is 6.22. The minimum absolute atomic E-state index is 0.0145. The van der Waals surface area contributed by atoms with Crippen LogP contribution in [-0.2, 0) is 45.1 Å². The molecule has 0 aliphatic rings. The normalized spacial score (nSPS) is 13.6. The Balaban J connectivity index is 1.28. The molecule has 5 N–H and O–H groups in total. The summed E-state index contributed by atoms with van der Waals surface area (Å²) in [5.41, 5.74) is 4.06. The zero-order valence-corrected chi connectivity index (χ0v) is 30.8. The fourth-order valence-electron chi connectivity index (χ4n) is 6.22. The zero-order chi connectivity index (χ0) is 38.8. The summed E-state index contributed by atoms with van der Waals surface area (Å²) in [6, 6.07) is 43.5. The molecule has 5 aromatic rings. The molecule has 0 aliphatic carbocycles. The van der Waals surface area contributed by atoms with Gasteiger partial charge in [0.1, 0.15) is 18.7 Å². The number of aliphatic hydroxyl groups excluding tert-OH is 1. The number of rotatable bonds is 18. The van der Waals surface area contributed by atoms with Crippen LogP contribution in [0.5, 0.6) is 0 Å². The molecule has 0 saturated carbocycles. The van der Waals surface area contributed by atoms with E-state index in [1.807, 2.05) is 121 Å². The standard InChI is InChI=1S/C45H48N4O6/c1-32(47-44(53)41(37-25-15-6-16-26-37)49-45(54)55-31-36-23-13-5-14-24-36)42(51)48-39(28-34-19-9-3-10-20-34)40(50)29-38(27-33-17-7-2-8-18-33)43(52)46-30-35-21-11-4-12-22-35/h2-26,32,38-41,50H,27-31H2,1H3,(H,46,52)(H,47,53)(H,48,51)(H,49,54)/t32-,38+,39-,40-,41?/m0/s1. The SMILES string of the molecule is C[C@H](NC(=O)C(NC(=O)OCc1ccccc1)c1ccccc1)C(=O)N[C@@H](Cc1ccccc1)[C@@H](O)C[C@@H](Cc1ccccc1)C(=O)NCc1ccccc1. The van der Waals surface area contributed by atoms with Gasteiger partial charge in [-0.1, -0.05) is 152 Å². The van der Waals surface area contributed by atoms with Gasteiger partial charge in [0.25, 0.3) is 0 Å². The number of alkyl carbamates (subject to hydrolysis) is 1. The van der Waals surface area contributed by atoms with Crippen molar-refractivity contribution in [2.24, 2.45) is 5.92 Å². The summed E-state index contributed by atoms with van der Waals surface area (Å²) < 4.78 is 5.38. The molecule has 5 rings (SSSR count). The molecule has 284 valence electrons. The Morgan fingerprint density at radius 1 is 0.564 bits per heavy atom. The summed E-state index contributed by atoms with van der Waals surface area (Å²) in [7, 11) is 0. The molecule has 55 heavy (non-hydrogen) atoms. The van der Waals surface area contributed by atoms with Gasteiger partial charge in [0.2, 0.25) is 17.7 Å². The average Bonchev–Trinajstić information content (AvgIpc) is 3.22. The largest absolute Gasteiger partial charge is 0.445 e. The van der Waals surface area contributed by atoms with Gasteiger partial charge in [0.05, 0.1) is 12.1 Å². The van der Waals surface area contributed by atoms with Crippen molar-refractivity contribution in [2.45, 2.75) is 63.6 Å². The summed E-state index contributed by atoms with van der Waals surface area (Å²) in [5.74, 6) is -1.98. The second-order valence-electron chi connectivity index (χ2n) is 13.5. The molecule has 0 bridgehead atoms. The number of aliphatic hydroxyl groups is 1. The van der Waals surface area contributed by atoms with E-state index in [9.17, 15) is 24.3 Å². The van der Waals surface area contributed by atoms with E-state index >= 15 is 0 Å². The lowest BCUT2D eigenvalue weighted by Crippen LogP contribution is -2.54. The number of carbonyl (C=O) groups excluding carboxylic acids is 4. The molecule has 0 fully saturated rings. The molecular weight excluding hydrogens is 693 g/mol. The highest BCUT2D eigenvalue weighted by atomic mass is 16.5. The first-order valence-corrected chi connectivity index (χ1v) is 18.5. The Labute approximate surface area is 322 Å². The van der Waals surface area contributed by atoms with Crippen LogP contribution in [0.15, 0.2) is 152 Å².